The van der Waals surface area contributed by atoms with Crippen LogP contribution in [-0.4, -0.2) is 0 Å². The molecule has 1 aliphatic rings. The minimum Gasteiger partial charge on any atom is -0.457 e. The summed E-state index contributed by atoms with van der Waals surface area (Å²) >= 11 is 0. The maximum absolute atomic E-state index is 6.72. The average molecular weight is 587 g/mol. The number of rotatable bonds is 4. The lowest BCUT2D eigenvalue weighted by Crippen LogP contribution is -2.34. The number of ether oxygens (including phenoxy) is 1. The van der Waals surface area contributed by atoms with Crippen LogP contribution in [0.5, 0.6) is 11.5 Å². The maximum Gasteiger partial charge on any atom is 0.132 e. The van der Waals surface area contributed by atoms with Gasteiger partial charge >= 0.3 is 0 Å². The Kier molecular flexibility index (Phi) is 6.11. The summed E-state index contributed by atoms with van der Waals surface area (Å²) in [6, 6.07) is 65.5. The van der Waals surface area contributed by atoms with Gasteiger partial charge in [-0.15, -0.1) is 0 Å². The lowest BCUT2D eigenvalue weighted by atomic mass is 9.63. The summed E-state index contributed by atoms with van der Waals surface area (Å²) in [6.45, 7) is 0. The molecule has 0 radical (unpaired) electrons. The quantitative estimate of drug-likeness (QED) is 0.186. The highest BCUT2D eigenvalue weighted by Crippen LogP contribution is 2.55. The van der Waals surface area contributed by atoms with Crippen molar-refractivity contribution in [2.45, 2.75) is 5.41 Å². The predicted molar refractivity (Wildman–Crippen MR) is 191 cm³/mol. The molecule has 0 bridgehead atoms. The Morgan fingerprint density at radius 2 is 0.891 bits per heavy atom. The van der Waals surface area contributed by atoms with Crippen molar-refractivity contribution in [3.8, 4) is 33.8 Å². The first kappa shape index (κ1) is 26.5. The SMILES string of the molecule is c1ccc(C2(c3ccccc3)c3ccccc3Oc3cc(-c4ccc(-c5cc6ccccc6c6ccccc56)cc4)ccc32)cc1. The average Bonchev–Trinajstić information content (AvgIpc) is 3.14. The van der Waals surface area contributed by atoms with Crippen molar-refractivity contribution in [3.63, 3.8) is 0 Å². The molecule has 1 aliphatic heterocycles. The first-order valence-electron chi connectivity index (χ1n) is 15.8. The zero-order valence-electron chi connectivity index (χ0n) is 25.2. The van der Waals surface area contributed by atoms with E-state index in [1.165, 1.54) is 43.8 Å². The van der Waals surface area contributed by atoms with Crippen molar-refractivity contribution in [2.24, 2.45) is 0 Å². The van der Waals surface area contributed by atoms with Gasteiger partial charge in [0.2, 0.25) is 0 Å². The van der Waals surface area contributed by atoms with E-state index in [0.29, 0.717) is 0 Å². The van der Waals surface area contributed by atoms with Gasteiger partial charge in [0, 0.05) is 11.1 Å². The monoisotopic (exact) mass is 586 g/mol. The van der Waals surface area contributed by atoms with Crippen LogP contribution in [-0.2, 0) is 5.41 Å². The van der Waals surface area contributed by atoms with Crippen LogP contribution in [0.4, 0.5) is 0 Å². The van der Waals surface area contributed by atoms with Crippen LogP contribution in [0.25, 0.3) is 43.8 Å². The molecule has 0 N–H and O–H groups in total. The van der Waals surface area contributed by atoms with E-state index in [1.807, 2.05) is 0 Å². The number of fused-ring (bicyclic) bond motifs is 5. The highest BCUT2D eigenvalue weighted by Gasteiger charge is 2.45. The van der Waals surface area contributed by atoms with Crippen LogP contribution in [0.3, 0.4) is 0 Å². The Bertz CT molecular complexity index is 2330. The molecular formula is C45H30O. The molecule has 1 nitrogen and oxygen atoms in total. The molecule has 0 unspecified atom stereocenters. The molecule has 0 aliphatic carbocycles. The molecule has 9 rings (SSSR count). The summed E-state index contributed by atoms with van der Waals surface area (Å²) in [5, 5.41) is 5.10. The smallest absolute Gasteiger partial charge is 0.132 e. The molecule has 8 aromatic carbocycles. The molecule has 0 aromatic heterocycles. The summed E-state index contributed by atoms with van der Waals surface area (Å²) in [6.07, 6.45) is 0. The lowest BCUT2D eigenvalue weighted by Gasteiger charge is -2.41. The first-order valence-corrected chi connectivity index (χ1v) is 15.8. The van der Waals surface area contributed by atoms with Crippen LogP contribution in [0.1, 0.15) is 22.3 Å². The van der Waals surface area contributed by atoms with E-state index in [1.54, 1.807) is 0 Å². The third kappa shape index (κ3) is 4.02. The summed E-state index contributed by atoms with van der Waals surface area (Å²) in [7, 11) is 0. The zero-order valence-corrected chi connectivity index (χ0v) is 25.2. The minimum atomic E-state index is -0.508. The van der Waals surface area contributed by atoms with Crippen LogP contribution >= 0.6 is 0 Å². The van der Waals surface area contributed by atoms with Gasteiger partial charge in [0.1, 0.15) is 11.5 Å². The minimum absolute atomic E-state index is 0.508. The van der Waals surface area contributed by atoms with E-state index < -0.39 is 5.41 Å². The fourth-order valence-electron chi connectivity index (χ4n) is 7.53. The Labute approximate surface area is 269 Å². The summed E-state index contributed by atoms with van der Waals surface area (Å²) in [5.74, 6) is 1.77. The number of hydrogen-bond donors (Lipinski definition) is 0. The van der Waals surface area contributed by atoms with E-state index in [2.05, 4.69) is 182 Å². The Balaban J connectivity index is 1.19. The van der Waals surface area contributed by atoms with Crippen LogP contribution in [0.15, 0.2) is 182 Å². The van der Waals surface area contributed by atoms with E-state index in [-0.39, 0.29) is 0 Å². The van der Waals surface area contributed by atoms with Crippen molar-refractivity contribution in [1.29, 1.82) is 0 Å². The van der Waals surface area contributed by atoms with Gasteiger partial charge in [-0.05, 0) is 73.1 Å². The highest BCUT2D eigenvalue weighted by molar-refractivity contribution is 6.13. The summed E-state index contributed by atoms with van der Waals surface area (Å²) in [4.78, 5) is 0. The standard InChI is InChI=1S/C45H30O/c1-3-14-35(15-4-1)45(36-16-5-2-6-17-36)41-21-11-12-22-43(41)46-44-30-33(27-28-42(44)45)31-23-25-32(26-24-31)40-29-34-13-7-8-18-37(34)38-19-9-10-20-39(38)40/h1-30H. The number of benzene rings is 8. The first-order chi connectivity index (χ1) is 22.8. The molecule has 0 amide bonds. The topological polar surface area (TPSA) is 9.23 Å². The van der Waals surface area contributed by atoms with Crippen LogP contribution in [0, 0.1) is 0 Å². The van der Waals surface area contributed by atoms with Gasteiger partial charge in [-0.1, -0.05) is 164 Å². The zero-order chi connectivity index (χ0) is 30.5. The van der Waals surface area contributed by atoms with E-state index >= 15 is 0 Å². The fraction of sp³-hybridized carbons (Fsp3) is 0.0222. The highest BCUT2D eigenvalue weighted by atomic mass is 16.5. The second-order valence-electron chi connectivity index (χ2n) is 12.1. The van der Waals surface area contributed by atoms with Crippen molar-refractivity contribution in [3.05, 3.63) is 204 Å². The number of hydrogen-bond acceptors (Lipinski definition) is 1. The van der Waals surface area contributed by atoms with Crippen molar-refractivity contribution >= 4 is 21.5 Å². The van der Waals surface area contributed by atoms with E-state index in [0.717, 1.165) is 33.8 Å². The molecular weight excluding hydrogens is 556 g/mol. The molecule has 0 spiro atoms. The normalized spacial score (nSPS) is 13.1. The van der Waals surface area contributed by atoms with Crippen molar-refractivity contribution in [2.75, 3.05) is 0 Å². The third-order valence-corrected chi connectivity index (χ3v) is 9.61. The third-order valence-electron chi connectivity index (χ3n) is 9.61. The molecule has 216 valence electrons. The lowest BCUT2D eigenvalue weighted by molar-refractivity contribution is 0.435. The summed E-state index contributed by atoms with van der Waals surface area (Å²) < 4.78 is 6.72. The Morgan fingerprint density at radius 1 is 0.348 bits per heavy atom. The molecule has 0 saturated heterocycles. The van der Waals surface area contributed by atoms with Crippen LogP contribution in [0.2, 0.25) is 0 Å². The second-order valence-corrected chi connectivity index (χ2v) is 12.1. The largest absolute Gasteiger partial charge is 0.457 e. The van der Waals surface area contributed by atoms with Crippen molar-refractivity contribution < 1.29 is 4.74 Å². The molecule has 1 heteroatoms. The van der Waals surface area contributed by atoms with E-state index in [4.69, 9.17) is 4.74 Å². The molecule has 0 atom stereocenters. The predicted octanol–water partition coefficient (Wildman–Crippen LogP) is 11.8. The van der Waals surface area contributed by atoms with Gasteiger partial charge in [-0.2, -0.15) is 0 Å². The maximum atomic E-state index is 6.72. The van der Waals surface area contributed by atoms with E-state index in [9.17, 15) is 0 Å². The fourth-order valence-corrected chi connectivity index (χ4v) is 7.53. The molecule has 46 heavy (non-hydrogen) atoms. The van der Waals surface area contributed by atoms with Gasteiger partial charge in [-0.3, -0.25) is 0 Å². The molecule has 0 fully saturated rings. The van der Waals surface area contributed by atoms with Crippen LogP contribution < -0.4 is 4.74 Å². The molecule has 8 aromatic rings. The molecule has 0 saturated carbocycles. The van der Waals surface area contributed by atoms with Gasteiger partial charge in [0.25, 0.3) is 0 Å². The summed E-state index contributed by atoms with van der Waals surface area (Å²) in [5.41, 5.74) is 8.98. The van der Waals surface area contributed by atoms with Gasteiger partial charge in [0.05, 0.1) is 5.41 Å². The van der Waals surface area contributed by atoms with Crippen molar-refractivity contribution in [1.82, 2.24) is 0 Å². The second kappa shape index (κ2) is 10.6. The number of para-hydroxylation sites is 1. The Morgan fingerprint density at radius 3 is 1.63 bits per heavy atom. The molecule has 1 heterocycles. The Hall–Kier alpha value is -5.92. The van der Waals surface area contributed by atoms with Gasteiger partial charge < -0.3 is 4.74 Å². The van der Waals surface area contributed by atoms with Gasteiger partial charge in [0.15, 0.2) is 0 Å². The van der Waals surface area contributed by atoms with Gasteiger partial charge in [-0.25, -0.2) is 0 Å².